The molecule has 0 aliphatic carbocycles. The summed E-state index contributed by atoms with van der Waals surface area (Å²) in [4.78, 5) is 8.26. The second-order valence-corrected chi connectivity index (χ2v) is 5.45. The molecule has 0 radical (unpaired) electrons. The fourth-order valence-electron chi connectivity index (χ4n) is 2.29. The van der Waals surface area contributed by atoms with Crippen LogP contribution >= 0.6 is 22.6 Å². The summed E-state index contributed by atoms with van der Waals surface area (Å²) in [5, 5.41) is 24.1. The molecule has 1 fully saturated rings. The van der Waals surface area contributed by atoms with Crippen LogP contribution in [0.2, 0.25) is 0 Å². The van der Waals surface area contributed by atoms with Crippen molar-refractivity contribution in [3.05, 3.63) is 10.0 Å². The monoisotopic (exact) mass is 392 g/mol. The lowest BCUT2D eigenvalue weighted by atomic mass is 10.2. The Morgan fingerprint density at radius 1 is 1.55 bits per heavy atom. The maximum absolute atomic E-state index is 9.81. The summed E-state index contributed by atoms with van der Waals surface area (Å²) < 4.78 is 13.1. The van der Waals surface area contributed by atoms with Gasteiger partial charge in [-0.25, -0.2) is 14.6 Å². The number of aliphatic hydroxyl groups excluding tert-OH is 2. The molecule has 0 unspecified atom stereocenters. The molecular formula is C11H13IN4O4. The Hall–Kier alpha value is -1.04. The van der Waals surface area contributed by atoms with Gasteiger partial charge in [0.2, 0.25) is 5.88 Å². The summed E-state index contributed by atoms with van der Waals surface area (Å²) in [6.07, 6.45) is -0.0339. The predicted molar refractivity (Wildman–Crippen MR) is 76.2 cm³/mol. The van der Waals surface area contributed by atoms with Gasteiger partial charge >= 0.3 is 0 Å². The molecule has 0 amide bonds. The smallest absolute Gasteiger partial charge is 0.228 e. The molecule has 1 saturated heterocycles. The third kappa shape index (κ3) is 2.14. The fourth-order valence-corrected chi connectivity index (χ4v) is 3.00. The Balaban J connectivity index is 2.05. The highest BCUT2D eigenvalue weighted by Crippen LogP contribution is 2.33. The molecule has 2 aromatic heterocycles. The van der Waals surface area contributed by atoms with Crippen molar-refractivity contribution < 1.29 is 19.7 Å². The Morgan fingerprint density at radius 3 is 3.00 bits per heavy atom. The minimum absolute atomic E-state index is 0.230. The largest absolute Gasteiger partial charge is 0.480 e. The molecule has 0 spiro atoms. The molecule has 2 aromatic rings. The number of aliphatic hydroxyl groups is 2. The van der Waals surface area contributed by atoms with E-state index in [4.69, 9.17) is 14.6 Å². The molecule has 20 heavy (non-hydrogen) atoms. The number of methoxy groups -OCH3 is 1. The molecule has 0 saturated carbocycles. The lowest BCUT2D eigenvalue weighted by molar-refractivity contribution is -0.0471. The quantitative estimate of drug-likeness (QED) is 0.714. The van der Waals surface area contributed by atoms with Crippen LogP contribution in [0.5, 0.6) is 5.88 Å². The minimum Gasteiger partial charge on any atom is -0.480 e. The molecule has 3 atom stereocenters. The van der Waals surface area contributed by atoms with E-state index in [1.807, 2.05) is 0 Å². The van der Waals surface area contributed by atoms with E-state index in [0.29, 0.717) is 27.0 Å². The molecule has 2 N–H and O–H groups in total. The number of rotatable bonds is 3. The second-order valence-electron chi connectivity index (χ2n) is 4.43. The van der Waals surface area contributed by atoms with Gasteiger partial charge in [-0.3, -0.25) is 0 Å². The number of ether oxygens (including phenoxy) is 2. The average molecular weight is 392 g/mol. The number of hydrogen-bond donors (Lipinski definition) is 2. The summed E-state index contributed by atoms with van der Waals surface area (Å²) >= 11 is 2.07. The van der Waals surface area contributed by atoms with Crippen molar-refractivity contribution in [3.63, 3.8) is 0 Å². The standard InChI is InChI=1S/C11H13IN4O4/c1-19-11-8-9(12)15-16(10(8)13-4-14-11)7-2-5(18)6(3-17)20-7/h4-7,17-18H,2-3H2,1H3/t5-,6-,7-/m1/s1. The van der Waals surface area contributed by atoms with Crippen LogP contribution in [0.15, 0.2) is 6.33 Å². The van der Waals surface area contributed by atoms with Crippen LogP contribution in [-0.2, 0) is 4.74 Å². The van der Waals surface area contributed by atoms with E-state index in [1.165, 1.54) is 13.4 Å². The minimum atomic E-state index is -0.717. The molecule has 3 rings (SSSR count). The average Bonchev–Trinajstić information content (AvgIpc) is 2.99. The highest BCUT2D eigenvalue weighted by atomic mass is 127. The van der Waals surface area contributed by atoms with Crippen LogP contribution in [0.4, 0.5) is 0 Å². The summed E-state index contributed by atoms with van der Waals surface area (Å²) in [5.41, 5.74) is 0.581. The van der Waals surface area contributed by atoms with Crippen molar-refractivity contribution in [1.82, 2.24) is 19.7 Å². The first-order valence-electron chi connectivity index (χ1n) is 6.02. The SMILES string of the molecule is COc1ncnc2c1c(I)nn2[C@H]1C[C@@H](O)[C@@H](CO)O1. The summed E-state index contributed by atoms with van der Waals surface area (Å²) in [5.74, 6) is 0.447. The van der Waals surface area contributed by atoms with E-state index in [0.717, 1.165) is 0 Å². The lowest BCUT2D eigenvalue weighted by Crippen LogP contribution is -2.24. The van der Waals surface area contributed by atoms with Crippen molar-refractivity contribution in [3.8, 4) is 5.88 Å². The first kappa shape index (κ1) is 13.9. The zero-order chi connectivity index (χ0) is 14.3. The normalized spacial score (nSPS) is 26.3. The van der Waals surface area contributed by atoms with E-state index >= 15 is 0 Å². The molecule has 1 aliphatic rings. The summed E-state index contributed by atoms with van der Waals surface area (Å²) in [6.45, 7) is -0.230. The number of aromatic nitrogens is 4. The van der Waals surface area contributed by atoms with E-state index in [2.05, 4.69) is 37.7 Å². The predicted octanol–water partition coefficient (Wildman–Crippen LogP) is 0.0802. The molecule has 1 aliphatic heterocycles. The van der Waals surface area contributed by atoms with Gasteiger partial charge in [0, 0.05) is 6.42 Å². The summed E-state index contributed by atoms with van der Waals surface area (Å²) in [6, 6.07) is 0. The van der Waals surface area contributed by atoms with Crippen LogP contribution in [0.1, 0.15) is 12.6 Å². The number of hydrogen-bond acceptors (Lipinski definition) is 7. The first-order valence-corrected chi connectivity index (χ1v) is 7.10. The van der Waals surface area contributed by atoms with E-state index in [9.17, 15) is 5.11 Å². The molecule has 9 heteroatoms. The van der Waals surface area contributed by atoms with Crippen molar-refractivity contribution in [1.29, 1.82) is 0 Å². The van der Waals surface area contributed by atoms with Crippen LogP contribution in [0, 0.1) is 3.70 Å². The number of halogens is 1. The molecular weight excluding hydrogens is 379 g/mol. The van der Waals surface area contributed by atoms with Gasteiger partial charge in [-0.2, -0.15) is 5.10 Å². The van der Waals surface area contributed by atoms with Crippen molar-refractivity contribution >= 4 is 33.6 Å². The third-order valence-corrected chi connectivity index (χ3v) is 4.02. The first-order chi connectivity index (χ1) is 9.65. The van der Waals surface area contributed by atoms with Gasteiger partial charge in [0.15, 0.2) is 11.9 Å². The highest BCUT2D eigenvalue weighted by Gasteiger charge is 2.36. The lowest BCUT2D eigenvalue weighted by Gasteiger charge is -2.12. The molecule has 3 heterocycles. The van der Waals surface area contributed by atoms with Gasteiger partial charge in [-0.15, -0.1) is 0 Å². The van der Waals surface area contributed by atoms with Crippen molar-refractivity contribution in [2.75, 3.05) is 13.7 Å². The Kier molecular flexibility index (Phi) is 3.75. The summed E-state index contributed by atoms with van der Waals surface area (Å²) in [7, 11) is 1.53. The zero-order valence-corrected chi connectivity index (χ0v) is 12.8. The second kappa shape index (κ2) is 5.39. The van der Waals surface area contributed by atoms with Crippen LogP contribution < -0.4 is 4.74 Å². The van der Waals surface area contributed by atoms with Crippen molar-refractivity contribution in [2.45, 2.75) is 24.9 Å². The Bertz CT molecular complexity index is 634. The molecule has 0 bridgehead atoms. The maximum atomic E-state index is 9.81. The third-order valence-electron chi connectivity index (χ3n) is 3.26. The zero-order valence-electron chi connectivity index (χ0n) is 10.6. The Morgan fingerprint density at radius 2 is 2.35 bits per heavy atom. The van der Waals surface area contributed by atoms with Gasteiger partial charge in [-0.1, -0.05) is 0 Å². The fraction of sp³-hybridized carbons (Fsp3) is 0.545. The highest BCUT2D eigenvalue weighted by molar-refractivity contribution is 14.1. The van der Waals surface area contributed by atoms with Crippen molar-refractivity contribution in [2.24, 2.45) is 0 Å². The number of fused-ring (bicyclic) bond motifs is 1. The van der Waals surface area contributed by atoms with Crippen LogP contribution in [0.3, 0.4) is 0 Å². The van der Waals surface area contributed by atoms with Gasteiger partial charge in [0.25, 0.3) is 0 Å². The topological polar surface area (TPSA) is 103 Å². The number of nitrogens with zero attached hydrogens (tertiary/aromatic N) is 4. The van der Waals surface area contributed by atoms with Gasteiger partial charge < -0.3 is 19.7 Å². The van der Waals surface area contributed by atoms with Crippen LogP contribution in [0.25, 0.3) is 11.0 Å². The van der Waals surface area contributed by atoms with Gasteiger partial charge in [-0.05, 0) is 22.6 Å². The molecule has 108 valence electrons. The van der Waals surface area contributed by atoms with E-state index < -0.39 is 18.4 Å². The Labute approximate surface area is 127 Å². The van der Waals surface area contributed by atoms with E-state index in [1.54, 1.807) is 4.68 Å². The maximum Gasteiger partial charge on any atom is 0.228 e. The van der Waals surface area contributed by atoms with Gasteiger partial charge in [0.05, 0.1) is 19.8 Å². The van der Waals surface area contributed by atoms with E-state index in [-0.39, 0.29) is 6.61 Å². The molecule has 0 aromatic carbocycles. The van der Waals surface area contributed by atoms with Crippen LogP contribution in [-0.4, -0.2) is 55.9 Å². The van der Waals surface area contributed by atoms with Gasteiger partial charge in [0.1, 0.15) is 21.5 Å². The molecule has 8 nitrogen and oxygen atoms in total.